The maximum atomic E-state index is 13.2. The van der Waals surface area contributed by atoms with Gasteiger partial charge >= 0.3 is 5.97 Å². The van der Waals surface area contributed by atoms with Crippen LogP contribution in [0.3, 0.4) is 0 Å². The molecule has 7 heteroatoms. The molecule has 1 aromatic carbocycles. The molecule has 5 nitrogen and oxygen atoms in total. The molecule has 1 aliphatic rings. The van der Waals surface area contributed by atoms with Gasteiger partial charge in [0.15, 0.2) is 0 Å². The number of amides is 1. The van der Waals surface area contributed by atoms with Crippen LogP contribution in [0.1, 0.15) is 18.4 Å². The first-order valence-electron chi connectivity index (χ1n) is 8.24. The maximum absolute atomic E-state index is 13.2. The van der Waals surface area contributed by atoms with Gasteiger partial charge in [-0.05, 0) is 23.6 Å². The van der Waals surface area contributed by atoms with Gasteiger partial charge in [-0.1, -0.05) is 42.5 Å². The number of halogens is 2. The average molecular weight is 364 g/mol. The van der Waals surface area contributed by atoms with Crippen LogP contribution in [-0.2, 0) is 20.7 Å². The molecule has 1 aromatic rings. The fourth-order valence-electron chi connectivity index (χ4n) is 2.59. The lowest BCUT2D eigenvalue weighted by Gasteiger charge is -2.21. The summed E-state index contributed by atoms with van der Waals surface area (Å²) >= 11 is 0. The zero-order chi connectivity index (χ0) is 19.2. The summed E-state index contributed by atoms with van der Waals surface area (Å²) in [7, 11) is 1.20. The lowest BCUT2D eigenvalue weighted by molar-refractivity contribution is -0.145. The molecule has 0 unspecified atom stereocenters. The number of benzene rings is 1. The van der Waals surface area contributed by atoms with E-state index >= 15 is 0 Å². The molecule has 1 amide bonds. The van der Waals surface area contributed by atoms with Crippen molar-refractivity contribution in [3.8, 4) is 0 Å². The quantitative estimate of drug-likeness (QED) is 0.726. The Morgan fingerprint density at radius 1 is 1.27 bits per heavy atom. The van der Waals surface area contributed by atoms with Gasteiger partial charge in [0.05, 0.1) is 13.2 Å². The molecule has 0 saturated heterocycles. The zero-order valence-electron chi connectivity index (χ0n) is 14.5. The number of hydrogen-bond acceptors (Lipinski definition) is 4. The van der Waals surface area contributed by atoms with Gasteiger partial charge in [0.2, 0.25) is 5.91 Å². The molecule has 2 rings (SSSR count). The van der Waals surface area contributed by atoms with Gasteiger partial charge in [-0.2, -0.15) is 0 Å². The van der Waals surface area contributed by atoms with Crippen molar-refractivity contribution < 1.29 is 23.1 Å². The second-order valence-electron chi connectivity index (χ2n) is 6.16. The molecule has 0 spiro atoms. The highest BCUT2D eigenvalue weighted by atomic mass is 19.3. The van der Waals surface area contributed by atoms with Gasteiger partial charge in [0, 0.05) is 12.8 Å². The smallest absolute Gasteiger partial charge is 0.328 e. The van der Waals surface area contributed by atoms with E-state index in [0.717, 1.165) is 11.6 Å². The van der Waals surface area contributed by atoms with Crippen LogP contribution in [0.4, 0.5) is 8.78 Å². The highest BCUT2D eigenvalue weighted by Gasteiger charge is 2.29. The molecule has 140 valence electrons. The normalized spacial score (nSPS) is 17.8. The van der Waals surface area contributed by atoms with Crippen LogP contribution in [-0.4, -0.2) is 37.0 Å². The summed E-state index contributed by atoms with van der Waals surface area (Å²) in [6.07, 6.45) is 3.34. The Hall–Kier alpha value is -2.54. The SMILES string of the molecule is COC(=O)[C@H](CC1=CCC(F)(F)C=C1)NC(=O)[C@@H](N)Cc1ccccc1. The van der Waals surface area contributed by atoms with E-state index in [1.54, 1.807) is 0 Å². The highest BCUT2D eigenvalue weighted by molar-refractivity contribution is 5.87. The molecule has 0 saturated carbocycles. The molecule has 0 fully saturated rings. The lowest BCUT2D eigenvalue weighted by Crippen LogP contribution is -2.49. The van der Waals surface area contributed by atoms with Crippen LogP contribution < -0.4 is 11.1 Å². The Labute approximate surface area is 150 Å². The van der Waals surface area contributed by atoms with Crippen LogP contribution >= 0.6 is 0 Å². The van der Waals surface area contributed by atoms with E-state index in [-0.39, 0.29) is 6.42 Å². The van der Waals surface area contributed by atoms with Crippen molar-refractivity contribution >= 4 is 11.9 Å². The number of nitrogens with two attached hydrogens (primary N) is 1. The molecular formula is C19H22F2N2O3. The third-order valence-electron chi connectivity index (χ3n) is 4.05. The molecule has 0 bridgehead atoms. The maximum Gasteiger partial charge on any atom is 0.328 e. The molecule has 3 N–H and O–H groups in total. The Balaban J connectivity index is 1.99. The van der Waals surface area contributed by atoms with Gasteiger partial charge in [-0.3, -0.25) is 4.79 Å². The number of hydrogen-bond donors (Lipinski definition) is 2. The molecule has 0 aliphatic heterocycles. The highest BCUT2D eigenvalue weighted by Crippen LogP contribution is 2.28. The summed E-state index contributed by atoms with van der Waals surface area (Å²) in [5.41, 5.74) is 7.34. The third-order valence-corrected chi connectivity index (χ3v) is 4.05. The fourth-order valence-corrected chi connectivity index (χ4v) is 2.59. The largest absolute Gasteiger partial charge is 0.467 e. The molecule has 0 aromatic heterocycles. The minimum absolute atomic E-state index is 0.0586. The van der Waals surface area contributed by atoms with Crippen molar-refractivity contribution in [3.63, 3.8) is 0 Å². The van der Waals surface area contributed by atoms with E-state index in [0.29, 0.717) is 12.0 Å². The van der Waals surface area contributed by atoms with Crippen LogP contribution in [0.5, 0.6) is 0 Å². The minimum atomic E-state index is -2.88. The first kappa shape index (κ1) is 19.8. The van der Waals surface area contributed by atoms with Gasteiger partial charge < -0.3 is 15.8 Å². The van der Waals surface area contributed by atoms with Crippen molar-refractivity contribution in [2.24, 2.45) is 5.73 Å². The number of nitrogens with one attached hydrogen (secondary N) is 1. The summed E-state index contributed by atoms with van der Waals surface area (Å²) < 4.78 is 31.0. The summed E-state index contributed by atoms with van der Waals surface area (Å²) in [5.74, 6) is -4.04. The number of carbonyl (C=O) groups is 2. The van der Waals surface area contributed by atoms with E-state index in [1.165, 1.54) is 19.3 Å². The number of ether oxygens (including phenoxy) is 1. The third kappa shape index (κ3) is 5.77. The zero-order valence-corrected chi connectivity index (χ0v) is 14.5. The molecule has 2 atom stereocenters. The standard InChI is InChI=1S/C19H22F2N2O3/c1-26-18(25)16(12-14-7-9-19(20,21)10-8-14)23-17(24)15(22)11-13-5-3-2-4-6-13/h2-9,15-16H,10-12,22H2,1H3,(H,23,24)/t15-,16-/m0/s1. The van der Waals surface area contributed by atoms with Crippen molar-refractivity contribution in [2.75, 3.05) is 7.11 Å². The first-order valence-corrected chi connectivity index (χ1v) is 8.24. The van der Waals surface area contributed by atoms with E-state index in [2.05, 4.69) is 5.32 Å². The topological polar surface area (TPSA) is 81.4 Å². The summed E-state index contributed by atoms with van der Waals surface area (Å²) in [6.45, 7) is 0. The molecule has 0 radical (unpaired) electrons. The first-order chi connectivity index (χ1) is 12.3. The van der Waals surface area contributed by atoms with Gasteiger partial charge in [0.1, 0.15) is 6.04 Å². The van der Waals surface area contributed by atoms with E-state index < -0.39 is 36.3 Å². The Kier molecular flexibility index (Phi) is 6.63. The van der Waals surface area contributed by atoms with Crippen molar-refractivity contribution in [3.05, 3.63) is 59.7 Å². The fraction of sp³-hybridized carbons (Fsp3) is 0.368. The Bertz CT molecular complexity index is 702. The lowest BCUT2D eigenvalue weighted by atomic mass is 9.98. The van der Waals surface area contributed by atoms with E-state index in [1.807, 2.05) is 30.3 Å². The second kappa shape index (κ2) is 8.71. The molecule has 1 aliphatic carbocycles. The number of esters is 1. The predicted octanol–water partition coefficient (Wildman–Crippen LogP) is 2.13. The number of allylic oxidation sites excluding steroid dienone is 3. The Morgan fingerprint density at radius 3 is 2.54 bits per heavy atom. The Morgan fingerprint density at radius 2 is 1.96 bits per heavy atom. The summed E-state index contributed by atoms with van der Waals surface area (Å²) in [5, 5.41) is 2.56. The summed E-state index contributed by atoms with van der Waals surface area (Å²) in [4.78, 5) is 24.3. The molecular weight excluding hydrogens is 342 g/mol. The van der Waals surface area contributed by atoms with Gasteiger partial charge in [-0.15, -0.1) is 0 Å². The van der Waals surface area contributed by atoms with E-state index in [4.69, 9.17) is 10.5 Å². The van der Waals surface area contributed by atoms with Crippen LogP contribution in [0.25, 0.3) is 0 Å². The molecule has 0 heterocycles. The van der Waals surface area contributed by atoms with E-state index in [9.17, 15) is 18.4 Å². The van der Waals surface area contributed by atoms with Crippen molar-refractivity contribution in [1.29, 1.82) is 0 Å². The van der Waals surface area contributed by atoms with Gasteiger partial charge in [0.25, 0.3) is 5.92 Å². The van der Waals surface area contributed by atoms with Crippen LogP contribution in [0.2, 0.25) is 0 Å². The van der Waals surface area contributed by atoms with Gasteiger partial charge in [-0.25, -0.2) is 13.6 Å². The number of rotatable bonds is 7. The average Bonchev–Trinajstić information content (AvgIpc) is 2.62. The summed E-state index contributed by atoms with van der Waals surface area (Å²) in [6, 6.07) is 7.41. The monoisotopic (exact) mass is 364 g/mol. The number of methoxy groups -OCH3 is 1. The number of carbonyl (C=O) groups excluding carboxylic acids is 2. The van der Waals surface area contributed by atoms with Crippen LogP contribution in [0, 0.1) is 0 Å². The minimum Gasteiger partial charge on any atom is -0.467 e. The second-order valence-corrected chi connectivity index (χ2v) is 6.16. The predicted molar refractivity (Wildman–Crippen MR) is 93.5 cm³/mol. The number of alkyl halides is 2. The van der Waals surface area contributed by atoms with Crippen LogP contribution in [0.15, 0.2) is 54.1 Å². The van der Waals surface area contributed by atoms with Crippen molar-refractivity contribution in [2.45, 2.75) is 37.3 Å². The molecule has 26 heavy (non-hydrogen) atoms. The van der Waals surface area contributed by atoms with Crippen molar-refractivity contribution in [1.82, 2.24) is 5.32 Å².